The third kappa shape index (κ3) is 5.39. The molecule has 0 spiro atoms. The molecule has 4 rings (SSSR count). The molecule has 0 aliphatic carbocycles. The standard InChI is InChI=1S/C26H35N5.CH4/c1-5-23(22-8-9-24-18(2)27-12-6-7-21(24)15-22)25-17-29-26(30-19(25)3)28-16-20-10-13-31(4)14-11-20;/h5,8-9,15,17,20,27H,2,6-7,10-14,16H2,1,3-4H3,(H,28,29,30);1H4/b23-5-;. The van der Waals surface area contributed by atoms with E-state index in [9.17, 15) is 0 Å². The third-order valence-electron chi connectivity index (χ3n) is 6.65. The maximum Gasteiger partial charge on any atom is 0.222 e. The van der Waals surface area contributed by atoms with Gasteiger partial charge < -0.3 is 15.5 Å². The SMILES string of the molecule is C.C=C1NCCCc2cc(/C(=C/C)c3cnc(NCC4CCN(C)CC4)nc3C)ccc21. The minimum atomic E-state index is 0. The summed E-state index contributed by atoms with van der Waals surface area (Å²) in [7, 11) is 2.20. The molecule has 1 fully saturated rings. The number of benzene rings is 1. The number of likely N-dealkylation sites (tertiary alicyclic amines) is 1. The third-order valence-corrected chi connectivity index (χ3v) is 6.65. The number of aromatic nitrogens is 2. The molecule has 0 bridgehead atoms. The van der Waals surface area contributed by atoms with Gasteiger partial charge in [0.15, 0.2) is 0 Å². The van der Waals surface area contributed by atoms with Crippen LogP contribution in [0.25, 0.3) is 11.3 Å². The molecule has 0 amide bonds. The Kier molecular flexibility index (Phi) is 8.08. The van der Waals surface area contributed by atoms with Crippen molar-refractivity contribution in [3.8, 4) is 0 Å². The zero-order chi connectivity index (χ0) is 21.8. The van der Waals surface area contributed by atoms with Gasteiger partial charge in [-0.2, -0.15) is 0 Å². The average Bonchev–Trinajstić information content (AvgIpc) is 2.96. The van der Waals surface area contributed by atoms with Gasteiger partial charge in [-0.15, -0.1) is 0 Å². The van der Waals surface area contributed by atoms with Crippen molar-refractivity contribution in [3.63, 3.8) is 0 Å². The predicted molar refractivity (Wildman–Crippen MR) is 137 cm³/mol. The van der Waals surface area contributed by atoms with E-state index in [2.05, 4.69) is 72.3 Å². The van der Waals surface area contributed by atoms with Gasteiger partial charge in [-0.3, -0.25) is 0 Å². The highest BCUT2D eigenvalue weighted by atomic mass is 15.1. The number of rotatable bonds is 5. The van der Waals surface area contributed by atoms with Gasteiger partial charge in [0.2, 0.25) is 5.95 Å². The van der Waals surface area contributed by atoms with Gasteiger partial charge in [-0.05, 0) is 82.3 Å². The van der Waals surface area contributed by atoms with Gasteiger partial charge in [0, 0.05) is 36.1 Å². The van der Waals surface area contributed by atoms with Crippen LogP contribution in [-0.4, -0.2) is 48.1 Å². The van der Waals surface area contributed by atoms with Crippen LogP contribution in [0.1, 0.15) is 61.6 Å². The van der Waals surface area contributed by atoms with Crippen LogP contribution in [0.15, 0.2) is 37.1 Å². The summed E-state index contributed by atoms with van der Waals surface area (Å²) in [6.07, 6.45) is 8.82. The maximum atomic E-state index is 4.78. The van der Waals surface area contributed by atoms with Gasteiger partial charge in [-0.1, -0.05) is 38.3 Å². The molecule has 0 radical (unpaired) electrons. The van der Waals surface area contributed by atoms with Crippen molar-refractivity contribution < 1.29 is 0 Å². The number of anilines is 1. The number of allylic oxidation sites excluding steroid dienone is 1. The monoisotopic (exact) mass is 433 g/mol. The molecule has 5 nitrogen and oxygen atoms in total. The fraction of sp³-hybridized carbons (Fsp3) is 0.481. The molecule has 2 aliphatic heterocycles. The van der Waals surface area contributed by atoms with E-state index in [0.717, 1.165) is 48.8 Å². The van der Waals surface area contributed by atoms with Crippen molar-refractivity contribution in [3.05, 3.63) is 65.0 Å². The van der Waals surface area contributed by atoms with E-state index in [1.807, 2.05) is 6.20 Å². The summed E-state index contributed by atoms with van der Waals surface area (Å²) in [6.45, 7) is 12.7. The zero-order valence-corrected chi connectivity index (χ0v) is 19.2. The molecule has 2 N–H and O–H groups in total. The minimum Gasteiger partial charge on any atom is -0.385 e. The lowest BCUT2D eigenvalue weighted by Gasteiger charge is -2.28. The highest BCUT2D eigenvalue weighted by Gasteiger charge is 2.18. The predicted octanol–water partition coefficient (Wildman–Crippen LogP) is 5.13. The van der Waals surface area contributed by atoms with Crippen LogP contribution < -0.4 is 10.6 Å². The first-order chi connectivity index (χ1) is 15.0. The lowest BCUT2D eigenvalue weighted by molar-refractivity contribution is 0.226. The Labute approximate surface area is 194 Å². The molecule has 2 aliphatic rings. The summed E-state index contributed by atoms with van der Waals surface area (Å²) < 4.78 is 0. The second-order valence-electron chi connectivity index (χ2n) is 8.90. The van der Waals surface area contributed by atoms with Crippen molar-refractivity contribution >= 4 is 17.2 Å². The molecule has 1 aromatic heterocycles. The molecule has 2 aromatic rings. The second-order valence-corrected chi connectivity index (χ2v) is 8.90. The lowest BCUT2D eigenvalue weighted by atomic mass is 9.92. The Morgan fingerprint density at radius 3 is 2.81 bits per heavy atom. The van der Waals surface area contributed by atoms with E-state index in [1.165, 1.54) is 48.2 Å². The molecule has 32 heavy (non-hydrogen) atoms. The Morgan fingerprint density at radius 2 is 2.09 bits per heavy atom. The van der Waals surface area contributed by atoms with Crippen LogP contribution in [0.3, 0.4) is 0 Å². The van der Waals surface area contributed by atoms with Gasteiger partial charge in [0.25, 0.3) is 0 Å². The van der Waals surface area contributed by atoms with Crippen LogP contribution in [0.5, 0.6) is 0 Å². The molecule has 0 saturated carbocycles. The molecule has 3 heterocycles. The fourth-order valence-corrected chi connectivity index (χ4v) is 4.67. The van der Waals surface area contributed by atoms with Crippen LogP contribution in [0.4, 0.5) is 5.95 Å². The summed E-state index contributed by atoms with van der Waals surface area (Å²) in [5.41, 5.74) is 8.13. The van der Waals surface area contributed by atoms with Gasteiger partial charge in [0.1, 0.15) is 0 Å². The van der Waals surface area contributed by atoms with Crippen molar-refractivity contribution in [1.82, 2.24) is 20.2 Å². The second kappa shape index (κ2) is 10.8. The fourth-order valence-electron chi connectivity index (χ4n) is 4.67. The van der Waals surface area contributed by atoms with E-state index >= 15 is 0 Å². The molecule has 5 heteroatoms. The minimum absolute atomic E-state index is 0. The van der Waals surface area contributed by atoms with E-state index in [1.54, 1.807) is 0 Å². The zero-order valence-electron chi connectivity index (χ0n) is 19.2. The summed E-state index contributed by atoms with van der Waals surface area (Å²) in [5.74, 6) is 1.44. The maximum absolute atomic E-state index is 4.78. The number of nitrogens with zero attached hydrogens (tertiary/aromatic N) is 3. The topological polar surface area (TPSA) is 53.1 Å². The lowest BCUT2D eigenvalue weighted by Crippen LogP contribution is -2.33. The van der Waals surface area contributed by atoms with Gasteiger partial charge in [-0.25, -0.2) is 9.97 Å². The molecular weight excluding hydrogens is 394 g/mol. The Bertz CT molecular complexity index is 970. The summed E-state index contributed by atoms with van der Waals surface area (Å²) >= 11 is 0. The average molecular weight is 434 g/mol. The van der Waals surface area contributed by atoms with Crippen molar-refractivity contribution in [2.24, 2.45) is 5.92 Å². The number of hydrogen-bond acceptors (Lipinski definition) is 5. The first kappa shape index (κ1) is 24.0. The van der Waals surface area contributed by atoms with E-state index in [-0.39, 0.29) is 7.43 Å². The molecule has 0 unspecified atom stereocenters. The van der Waals surface area contributed by atoms with Crippen LogP contribution in [0, 0.1) is 12.8 Å². The Morgan fingerprint density at radius 1 is 1.31 bits per heavy atom. The van der Waals surface area contributed by atoms with E-state index < -0.39 is 0 Å². The number of piperidine rings is 1. The van der Waals surface area contributed by atoms with Gasteiger partial charge in [0.05, 0.1) is 5.69 Å². The van der Waals surface area contributed by atoms with Crippen LogP contribution >= 0.6 is 0 Å². The first-order valence-electron chi connectivity index (χ1n) is 11.5. The number of nitrogens with one attached hydrogen (secondary N) is 2. The van der Waals surface area contributed by atoms with Gasteiger partial charge >= 0.3 is 0 Å². The molecule has 1 saturated heterocycles. The first-order valence-corrected chi connectivity index (χ1v) is 11.5. The Balaban J connectivity index is 0.00000289. The van der Waals surface area contributed by atoms with Crippen LogP contribution in [0.2, 0.25) is 0 Å². The van der Waals surface area contributed by atoms with E-state index in [4.69, 9.17) is 4.98 Å². The highest BCUT2D eigenvalue weighted by molar-refractivity contribution is 5.82. The smallest absolute Gasteiger partial charge is 0.222 e. The number of fused-ring (bicyclic) bond motifs is 1. The highest BCUT2D eigenvalue weighted by Crippen LogP contribution is 2.30. The van der Waals surface area contributed by atoms with Crippen LogP contribution in [-0.2, 0) is 6.42 Å². The normalized spacial score (nSPS) is 17.7. The van der Waals surface area contributed by atoms with E-state index in [0.29, 0.717) is 5.92 Å². The molecule has 1 aromatic carbocycles. The summed E-state index contributed by atoms with van der Waals surface area (Å²) in [5, 5.41) is 6.88. The quantitative estimate of drug-likeness (QED) is 0.684. The summed E-state index contributed by atoms with van der Waals surface area (Å²) in [4.78, 5) is 11.8. The van der Waals surface area contributed by atoms with Crippen molar-refractivity contribution in [2.75, 3.05) is 38.5 Å². The molecular formula is C27H39N5. The summed E-state index contributed by atoms with van der Waals surface area (Å²) in [6, 6.07) is 6.70. The Hall–Kier alpha value is -2.66. The largest absolute Gasteiger partial charge is 0.385 e. The number of aryl methyl sites for hydroxylation is 2. The van der Waals surface area contributed by atoms with Crippen molar-refractivity contribution in [2.45, 2.75) is 47.0 Å². The van der Waals surface area contributed by atoms with Crippen molar-refractivity contribution in [1.29, 1.82) is 0 Å². The molecule has 172 valence electrons. The number of hydrogen-bond donors (Lipinski definition) is 2. The molecule has 0 atom stereocenters.